The molecule has 1 fully saturated rings. The van der Waals surface area contributed by atoms with E-state index >= 15 is 0 Å². The van der Waals surface area contributed by atoms with E-state index in [4.69, 9.17) is 19.7 Å². The predicted octanol–water partition coefficient (Wildman–Crippen LogP) is 2.90. The first-order chi connectivity index (χ1) is 14.2. The number of nitrogens with two attached hydrogens (primary N) is 1. The number of ether oxygens (including phenoxy) is 2. The van der Waals surface area contributed by atoms with E-state index < -0.39 is 0 Å². The van der Waals surface area contributed by atoms with Gasteiger partial charge in [0.1, 0.15) is 6.04 Å². The fourth-order valence-electron chi connectivity index (χ4n) is 3.74. The van der Waals surface area contributed by atoms with Crippen molar-refractivity contribution in [2.24, 2.45) is 5.73 Å². The molecule has 1 atom stereocenters. The summed E-state index contributed by atoms with van der Waals surface area (Å²) in [5, 5.41) is 4.11. The second kappa shape index (κ2) is 7.21. The highest BCUT2D eigenvalue weighted by molar-refractivity contribution is 5.95. The molecule has 29 heavy (non-hydrogen) atoms. The summed E-state index contributed by atoms with van der Waals surface area (Å²) in [4.78, 5) is 19.4. The van der Waals surface area contributed by atoms with Crippen LogP contribution in [-0.2, 0) is 6.54 Å². The van der Waals surface area contributed by atoms with Gasteiger partial charge in [-0.1, -0.05) is 29.4 Å². The van der Waals surface area contributed by atoms with Gasteiger partial charge in [-0.05, 0) is 36.6 Å². The third-order valence-electron chi connectivity index (χ3n) is 5.31. The number of likely N-dealkylation sites (tertiary alicyclic amines) is 1. The maximum absolute atomic E-state index is 13.1. The minimum atomic E-state index is -0.238. The normalized spacial score (nSPS) is 17.7. The average molecular weight is 392 g/mol. The Balaban J connectivity index is 1.38. The van der Waals surface area contributed by atoms with E-state index in [9.17, 15) is 4.79 Å². The van der Waals surface area contributed by atoms with Crippen LogP contribution in [0.2, 0.25) is 0 Å². The molecule has 2 aliphatic rings. The van der Waals surface area contributed by atoms with Crippen LogP contribution < -0.4 is 15.2 Å². The molecule has 2 N–H and O–H groups in total. The van der Waals surface area contributed by atoms with E-state index in [1.54, 1.807) is 23.1 Å². The van der Waals surface area contributed by atoms with Gasteiger partial charge >= 0.3 is 0 Å². The summed E-state index contributed by atoms with van der Waals surface area (Å²) in [6, 6.07) is 12.7. The Kier molecular flexibility index (Phi) is 4.40. The zero-order valence-corrected chi connectivity index (χ0v) is 15.7. The molecular weight excluding hydrogens is 372 g/mol. The Morgan fingerprint density at radius 2 is 1.97 bits per heavy atom. The molecule has 8 heteroatoms. The molecule has 3 aromatic rings. The Labute approximate surface area is 167 Å². The topological polar surface area (TPSA) is 104 Å². The van der Waals surface area contributed by atoms with E-state index in [1.807, 2.05) is 24.3 Å². The zero-order valence-electron chi connectivity index (χ0n) is 15.7. The van der Waals surface area contributed by atoms with Crippen molar-refractivity contribution in [1.29, 1.82) is 0 Å². The van der Waals surface area contributed by atoms with Crippen molar-refractivity contribution in [3.63, 3.8) is 0 Å². The molecule has 1 unspecified atom stereocenters. The standard InChI is InChI=1S/C21H20N4O4/c22-11-13-3-5-14(6-4-13)19-23-20(29-24-19)16-2-1-9-25(16)21(26)15-7-8-17-18(10-15)28-12-27-17/h3-8,10,16H,1-2,9,11-12,22H2. The van der Waals surface area contributed by atoms with Crippen LogP contribution in [0.1, 0.15) is 40.7 Å². The van der Waals surface area contributed by atoms with Crippen molar-refractivity contribution >= 4 is 5.91 Å². The van der Waals surface area contributed by atoms with E-state index in [-0.39, 0.29) is 18.7 Å². The van der Waals surface area contributed by atoms with Crippen molar-refractivity contribution < 1.29 is 18.8 Å². The highest BCUT2D eigenvalue weighted by Gasteiger charge is 2.35. The number of benzene rings is 2. The molecule has 0 aliphatic carbocycles. The van der Waals surface area contributed by atoms with Crippen molar-refractivity contribution in [1.82, 2.24) is 15.0 Å². The predicted molar refractivity (Wildman–Crippen MR) is 103 cm³/mol. The second-order valence-electron chi connectivity index (χ2n) is 7.08. The number of hydrogen-bond acceptors (Lipinski definition) is 7. The molecule has 148 valence electrons. The van der Waals surface area contributed by atoms with Gasteiger partial charge in [0, 0.05) is 24.2 Å². The minimum absolute atomic E-state index is 0.0853. The molecule has 3 heterocycles. The number of nitrogens with zero attached hydrogens (tertiary/aromatic N) is 3. The molecule has 1 aromatic heterocycles. The van der Waals surface area contributed by atoms with Crippen LogP contribution in [0.3, 0.4) is 0 Å². The van der Waals surface area contributed by atoms with Crippen LogP contribution in [-0.4, -0.2) is 34.3 Å². The lowest BCUT2D eigenvalue weighted by atomic mass is 10.1. The summed E-state index contributed by atoms with van der Waals surface area (Å²) in [6.45, 7) is 1.30. The second-order valence-corrected chi connectivity index (χ2v) is 7.08. The lowest BCUT2D eigenvalue weighted by Gasteiger charge is -2.22. The quantitative estimate of drug-likeness (QED) is 0.728. The van der Waals surface area contributed by atoms with Crippen molar-refractivity contribution in [2.45, 2.75) is 25.4 Å². The first-order valence-electron chi connectivity index (χ1n) is 9.56. The van der Waals surface area contributed by atoms with Crippen LogP contribution in [0.4, 0.5) is 0 Å². The zero-order chi connectivity index (χ0) is 19.8. The lowest BCUT2D eigenvalue weighted by molar-refractivity contribution is 0.0709. The lowest BCUT2D eigenvalue weighted by Crippen LogP contribution is -2.30. The highest BCUT2D eigenvalue weighted by atomic mass is 16.7. The molecular formula is C21H20N4O4. The van der Waals surface area contributed by atoms with Gasteiger partial charge in [0.25, 0.3) is 5.91 Å². The van der Waals surface area contributed by atoms with E-state index in [1.165, 1.54) is 0 Å². The van der Waals surface area contributed by atoms with Gasteiger partial charge in [0.2, 0.25) is 18.5 Å². The van der Waals surface area contributed by atoms with Crippen LogP contribution >= 0.6 is 0 Å². The van der Waals surface area contributed by atoms with Crippen molar-refractivity contribution in [3.8, 4) is 22.9 Å². The van der Waals surface area contributed by atoms with Gasteiger partial charge in [-0.2, -0.15) is 4.98 Å². The monoisotopic (exact) mass is 392 g/mol. The number of carbonyl (C=O) groups excluding carboxylic acids is 1. The van der Waals surface area contributed by atoms with Crippen LogP contribution in [0, 0.1) is 0 Å². The number of rotatable bonds is 4. The summed E-state index contributed by atoms with van der Waals surface area (Å²) < 4.78 is 16.2. The summed E-state index contributed by atoms with van der Waals surface area (Å²) in [7, 11) is 0. The van der Waals surface area contributed by atoms with E-state index in [2.05, 4.69) is 10.1 Å². The van der Waals surface area contributed by atoms with Gasteiger partial charge in [-0.3, -0.25) is 4.79 Å². The van der Waals surface area contributed by atoms with E-state index in [0.717, 1.165) is 24.0 Å². The third kappa shape index (κ3) is 3.21. The summed E-state index contributed by atoms with van der Waals surface area (Å²) in [6.07, 6.45) is 1.66. The molecule has 8 nitrogen and oxygen atoms in total. The molecule has 2 aliphatic heterocycles. The summed E-state index contributed by atoms with van der Waals surface area (Å²) in [5.74, 6) is 2.12. The van der Waals surface area contributed by atoms with Crippen LogP contribution in [0.15, 0.2) is 47.0 Å². The van der Waals surface area contributed by atoms with E-state index in [0.29, 0.717) is 41.9 Å². The fraction of sp³-hybridized carbons (Fsp3) is 0.286. The van der Waals surface area contributed by atoms with Gasteiger partial charge in [0.15, 0.2) is 11.5 Å². The SMILES string of the molecule is NCc1ccc(-c2noc(C3CCCN3C(=O)c3ccc4c(c3)OCO4)n2)cc1. The maximum Gasteiger partial charge on any atom is 0.254 e. The largest absolute Gasteiger partial charge is 0.454 e. The fourth-order valence-corrected chi connectivity index (χ4v) is 3.74. The Bertz CT molecular complexity index is 1050. The number of fused-ring (bicyclic) bond motifs is 1. The first kappa shape index (κ1) is 17.7. The summed E-state index contributed by atoms with van der Waals surface area (Å²) >= 11 is 0. The Morgan fingerprint density at radius 1 is 1.14 bits per heavy atom. The Hall–Kier alpha value is -3.39. The molecule has 0 spiro atoms. The number of amides is 1. The van der Waals surface area contributed by atoms with Gasteiger partial charge < -0.3 is 24.6 Å². The highest BCUT2D eigenvalue weighted by Crippen LogP contribution is 2.36. The van der Waals surface area contributed by atoms with Gasteiger partial charge in [-0.25, -0.2) is 0 Å². The average Bonchev–Trinajstić information content (AvgIpc) is 3.52. The summed E-state index contributed by atoms with van der Waals surface area (Å²) in [5.41, 5.74) is 8.09. The third-order valence-corrected chi connectivity index (χ3v) is 5.31. The van der Waals surface area contributed by atoms with Gasteiger partial charge in [-0.15, -0.1) is 0 Å². The molecule has 2 aromatic carbocycles. The maximum atomic E-state index is 13.1. The van der Waals surface area contributed by atoms with Crippen molar-refractivity contribution in [3.05, 3.63) is 59.5 Å². The molecule has 0 saturated carbocycles. The number of aromatic nitrogens is 2. The Morgan fingerprint density at radius 3 is 2.79 bits per heavy atom. The minimum Gasteiger partial charge on any atom is -0.454 e. The molecule has 1 amide bonds. The van der Waals surface area contributed by atoms with Crippen LogP contribution in [0.25, 0.3) is 11.4 Å². The molecule has 0 radical (unpaired) electrons. The van der Waals surface area contributed by atoms with Gasteiger partial charge in [0.05, 0.1) is 0 Å². The number of hydrogen-bond donors (Lipinski definition) is 1. The smallest absolute Gasteiger partial charge is 0.254 e. The molecule has 5 rings (SSSR count). The van der Waals surface area contributed by atoms with Crippen molar-refractivity contribution in [2.75, 3.05) is 13.3 Å². The molecule has 1 saturated heterocycles. The number of carbonyl (C=O) groups is 1. The first-order valence-corrected chi connectivity index (χ1v) is 9.56. The van der Waals surface area contributed by atoms with Crippen LogP contribution in [0.5, 0.6) is 11.5 Å². The molecule has 0 bridgehead atoms.